The summed E-state index contributed by atoms with van der Waals surface area (Å²) in [5.41, 5.74) is 2.90. The topological polar surface area (TPSA) is 25.2 Å². The number of aryl methyl sites for hydroxylation is 1. The molecular formula is C14H16FNO. The Hall–Kier alpha value is -1.61. The molecule has 1 N–H and O–H groups in total. The van der Waals surface area contributed by atoms with Crippen molar-refractivity contribution in [1.29, 1.82) is 0 Å². The molecule has 0 unspecified atom stereocenters. The number of benzene rings is 1. The summed E-state index contributed by atoms with van der Waals surface area (Å²) in [5, 5.41) is 3.21. The van der Waals surface area contributed by atoms with Crippen LogP contribution in [0.15, 0.2) is 34.9 Å². The number of furan rings is 1. The van der Waals surface area contributed by atoms with Crippen molar-refractivity contribution in [1.82, 2.24) is 5.32 Å². The Morgan fingerprint density at radius 2 is 2.06 bits per heavy atom. The summed E-state index contributed by atoms with van der Waals surface area (Å²) >= 11 is 0. The SMILES string of the molecule is CCNCc1occc1-c1cc(F)ccc1C. The van der Waals surface area contributed by atoms with Crippen LogP contribution in [-0.2, 0) is 6.54 Å². The molecule has 2 aromatic rings. The van der Waals surface area contributed by atoms with Crippen molar-refractivity contribution in [2.75, 3.05) is 6.54 Å². The van der Waals surface area contributed by atoms with E-state index in [-0.39, 0.29) is 5.82 Å². The summed E-state index contributed by atoms with van der Waals surface area (Å²) in [6, 6.07) is 6.70. The van der Waals surface area contributed by atoms with Crippen LogP contribution in [0.2, 0.25) is 0 Å². The molecule has 1 aromatic heterocycles. The van der Waals surface area contributed by atoms with Crippen LogP contribution >= 0.6 is 0 Å². The minimum atomic E-state index is -0.221. The molecule has 0 saturated carbocycles. The van der Waals surface area contributed by atoms with Crippen molar-refractivity contribution >= 4 is 0 Å². The first-order valence-electron chi connectivity index (χ1n) is 5.76. The maximum Gasteiger partial charge on any atom is 0.125 e. The predicted octanol–water partition coefficient (Wildman–Crippen LogP) is 3.50. The van der Waals surface area contributed by atoms with Gasteiger partial charge in [0.15, 0.2) is 0 Å². The lowest BCUT2D eigenvalue weighted by Crippen LogP contribution is -2.11. The molecule has 0 amide bonds. The predicted molar refractivity (Wildman–Crippen MR) is 66.2 cm³/mol. The molecule has 1 aromatic carbocycles. The molecule has 0 aliphatic heterocycles. The summed E-state index contributed by atoms with van der Waals surface area (Å²) in [7, 11) is 0. The largest absolute Gasteiger partial charge is 0.467 e. The van der Waals surface area contributed by atoms with E-state index < -0.39 is 0 Å². The second kappa shape index (κ2) is 5.15. The summed E-state index contributed by atoms with van der Waals surface area (Å²) < 4.78 is 18.7. The number of hydrogen-bond donors (Lipinski definition) is 1. The van der Waals surface area contributed by atoms with Gasteiger partial charge < -0.3 is 9.73 Å². The van der Waals surface area contributed by atoms with Gasteiger partial charge in [0.25, 0.3) is 0 Å². The third-order valence-electron chi connectivity index (χ3n) is 2.77. The van der Waals surface area contributed by atoms with Crippen LogP contribution < -0.4 is 5.32 Å². The van der Waals surface area contributed by atoms with Gasteiger partial charge in [-0.05, 0) is 42.8 Å². The fourth-order valence-electron chi connectivity index (χ4n) is 1.84. The van der Waals surface area contributed by atoms with Crippen molar-refractivity contribution < 1.29 is 8.81 Å². The van der Waals surface area contributed by atoms with Gasteiger partial charge in [-0.1, -0.05) is 13.0 Å². The van der Waals surface area contributed by atoms with E-state index in [1.54, 1.807) is 18.4 Å². The first-order chi connectivity index (χ1) is 8.22. The first kappa shape index (κ1) is 11.9. The van der Waals surface area contributed by atoms with E-state index in [0.717, 1.165) is 29.0 Å². The van der Waals surface area contributed by atoms with Gasteiger partial charge in [-0.2, -0.15) is 0 Å². The van der Waals surface area contributed by atoms with Crippen LogP contribution in [0.5, 0.6) is 0 Å². The lowest BCUT2D eigenvalue weighted by atomic mass is 10.0. The molecule has 1 heterocycles. The van der Waals surface area contributed by atoms with Crippen LogP contribution in [0, 0.1) is 12.7 Å². The standard InChI is InChI=1S/C14H16FNO/c1-3-16-9-14-12(6-7-17-14)13-8-11(15)5-4-10(13)2/h4-8,16H,3,9H2,1-2H3. The fraction of sp³-hybridized carbons (Fsp3) is 0.286. The highest BCUT2D eigenvalue weighted by molar-refractivity contribution is 5.68. The molecule has 0 atom stereocenters. The summed E-state index contributed by atoms with van der Waals surface area (Å²) in [4.78, 5) is 0. The van der Waals surface area contributed by atoms with Crippen LogP contribution in [0.4, 0.5) is 4.39 Å². The third-order valence-corrected chi connectivity index (χ3v) is 2.77. The maximum absolute atomic E-state index is 13.3. The molecule has 3 heteroatoms. The second-order valence-electron chi connectivity index (χ2n) is 4.00. The highest BCUT2D eigenvalue weighted by Gasteiger charge is 2.11. The number of halogens is 1. The van der Waals surface area contributed by atoms with Crippen molar-refractivity contribution in [2.45, 2.75) is 20.4 Å². The summed E-state index contributed by atoms with van der Waals surface area (Å²) in [6.07, 6.45) is 1.65. The van der Waals surface area contributed by atoms with Gasteiger partial charge >= 0.3 is 0 Å². The van der Waals surface area contributed by atoms with E-state index in [9.17, 15) is 4.39 Å². The van der Waals surface area contributed by atoms with E-state index in [0.29, 0.717) is 6.54 Å². The molecule has 90 valence electrons. The van der Waals surface area contributed by atoms with Gasteiger partial charge in [0.05, 0.1) is 12.8 Å². The van der Waals surface area contributed by atoms with Gasteiger partial charge in [-0.25, -0.2) is 4.39 Å². The zero-order chi connectivity index (χ0) is 12.3. The van der Waals surface area contributed by atoms with Crippen molar-refractivity contribution in [3.05, 3.63) is 47.7 Å². The smallest absolute Gasteiger partial charge is 0.125 e. The Morgan fingerprint density at radius 1 is 1.24 bits per heavy atom. The monoisotopic (exact) mass is 233 g/mol. The molecule has 2 rings (SSSR count). The van der Waals surface area contributed by atoms with Crippen molar-refractivity contribution in [3.63, 3.8) is 0 Å². The van der Waals surface area contributed by atoms with E-state index in [4.69, 9.17) is 4.42 Å². The Kier molecular flexibility index (Phi) is 3.59. The first-order valence-corrected chi connectivity index (χ1v) is 5.76. The quantitative estimate of drug-likeness (QED) is 0.874. The second-order valence-corrected chi connectivity index (χ2v) is 4.00. The summed E-state index contributed by atoms with van der Waals surface area (Å²) in [6.45, 7) is 5.55. The average molecular weight is 233 g/mol. The van der Waals surface area contributed by atoms with Gasteiger partial charge in [0.2, 0.25) is 0 Å². The minimum absolute atomic E-state index is 0.221. The van der Waals surface area contributed by atoms with Crippen LogP contribution in [-0.4, -0.2) is 6.54 Å². The lowest BCUT2D eigenvalue weighted by molar-refractivity contribution is 0.489. The number of nitrogens with one attached hydrogen (secondary N) is 1. The molecule has 0 aliphatic carbocycles. The normalized spacial score (nSPS) is 10.8. The zero-order valence-corrected chi connectivity index (χ0v) is 10.1. The zero-order valence-electron chi connectivity index (χ0n) is 10.1. The van der Waals surface area contributed by atoms with E-state index in [1.165, 1.54) is 6.07 Å². The molecule has 0 bridgehead atoms. The van der Waals surface area contributed by atoms with Crippen LogP contribution in [0.1, 0.15) is 18.2 Å². The minimum Gasteiger partial charge on any atom is -0.467 e. The Balaban J connectivity index is 2.38. The van der Waals surface area contributed by atoms with E-state index >= 15 is 0 Å². The molecule has 0 aliphatic rings. The number of hydrogen-bond acceptors (Lipinski definition) is 2. The van der Waals surface area contributed by atoms with Gasteiger partial charge in [-0.3, -0.25) is 0 Å². The fourth-order valence-corrected chi connectivity index (χ4v) is 1.84. The van der Waals surface area contributed by atoms with E-state index in [2.05, 4.69) is 5.32 Å². The third kappa shape index (κ3) is 2.56. The van der Waals surface area contributed by atoms with Crippen molar-refractivity contribution in [3.8, 4) is 11.1 Å². The Labute approximate surface area is 100 Å². The highest BCUT2D eigenvalue weighted by Crippen LogP contribution is 2.28. The van der Waals surface area contributed by atoms with Gasteiger partial charge in [0.1, 0.15) is 11.6 Å². The maximum atomic E-state index is 13.3. The summed E-state index contributed by atoms with van der Waals surface area (Å²) in [5.74, 6) is 0.627. The van der Waals surface area contributed by atoms with Crippen LogP contribution in [0.25, 0.3) is 11.1 Å². The molecule has 2 nitrogen and oxygen atoms in total. The van der Waals surface area contributed by atoms with Crippen LogP contribution in [0.3, 0.4) is 0 Å². The average Bonchev–Trinajstić information content (AvgIpc) is 2.77. The molecule has 0 saturated heterocycles. The molecule has 0 radical (unpaired) electrons. The van der Waals surface area contributed by atoms with Gasteiger partial charge in [0, 0.05) is 5.56 Å². The highest BCUT2D eigenvalue weighted by atomic mass is 19.1. The van der Waals surface area contributed by atoms with Crippen molar-refractivity contribution in [2.24, 2.45) is 0 Å². The van der Waals surface area contributed by atoms with Gasteiger partial charge in [-0.15, -0.1) is 0 Å². The molecule has 17 heavy (non-hydrogen) atoms. The molecule has 0 fully saturated rings. The Bertz CT molecular complexity index is 505. The Morgan fingerprint density at radius 3 is 2.82 bits per heavy atom. The lowest BCUT2D eigenvalue weighted by Gasteiger charge is -2.07. The van der Waals surface area contributed by atoms with E-state index in [1.807, 2.05) is 19.9 Å². The number of rotatable bonds is 4. The molecule has 0 spiro atoms. The molecular weight excluding hydrogens is 217 g/mol.